The first-order chi connectivity index (χ1) is 34.8. The highest BCUT2D eigenvalue weighted by molar-refractivity contribution is 6.29. The molecule has 0 unspecified atom stereocenters. The first-order valence-corrected chi connectivity index (χ1v) is 23.2. The van der Waals surface area contributed by atoms with Crippen LogP contribution in [0.3, 0.4) is 0 Å². The third-order valence-electron chi connectivity index (χ3n) is 11.3. The molecule has 0 radical (unpaired) electrons. The third kappa shape index (κ3) is 15.8. The van der Waals surface area contributed by atoms with E-state index < -0.39 is 23.5 Å². The van der Waals surface area contributed by atoms with Crippen LogP contribution in [0.1, 0.15) is 36.1 Å². The predicted molar refractivity (Wildman–Crippen MR) is 271 cm³/mol. The van der Waals surface area contributed by atoms with Gasteiger partial charge in [-0.1, -0.05) is 48.0 Å². The molecule has 6 aromatic rings. The van der Waals surface area contributed by atoms with Crippen LogP contribution in [0, 0.1) is 0 Å². The maximum atomic E-state index is 13.8. The quantitative estimate of drug-likeness (QED) is 0.0462. The number of benzene rings is 4. The van der Waals surface area contributed by atoms with Gasteiger partial charge in [0.15, 0.2) is 0 Å². The largest absolute Gasteiger partial charge is 0.495 e. The van der Waals surface area contributed by atoms with Crippen LogP contribution >= 0.6 is 11.6 Å². The normalized spacial score (nSPS) is 13.6. The summed E-state index contributed by atoms with van der Waals surface area (Å²) in [7, 11) is 3.16. The van der Waals surface area contributed by atoms with Crippen molar-refractivity contribution in [2.24, 2.45) is 0 Å². The number of halogens is 7. The lowest BCUT2D eigenvalue weighted by Gasteiger charge is -2.29. The van der Waals surface area contributed by atoms with Crippen molar-refractivity contribution in [2.75, 3.05) is 98.3 Å². The number of para-hydroxylation sites is 2. The first-order valence-electron chi connectivity index (χ1n) is 22.9. The minimum atomic E-state index is -4.62. The molecule has 2 aromatic heterocycles. The van der Waals surface area contributed by atoms with Gasteiger partial charge in [0.25, 0.3) is 0 Å². The van der Waals surface area contributed by atoms with Crippen molar-refractivity contribution < 1.29 is 54.9 Å². The number of Topliss-reactive ketones (excluding diaryl/α,β-unsaturated/α-hetero) is 2. The van der Waals surface area contributed by atoms with Crippen molar-refractivity contribution in [1.82, 2.24) is 9.97 Å². The number of carbonyl (C=O) groups excluding carboxylic acids is 2. The van der Waals surface area contributed by atoms with Crippen molar-refractivity contribution in [3.8, 4) is 11.5 Å². The standard InChI is InChI=1S/C26H27F3N4O3.C15H12ClF3N2O.C11H16N2O2/c1-17(34)13-18-5-3-4-6-21(18)31-23-15-25(30-16-20(23)26(27,28)29)32-22-8-7-19(14-24(22)35-2)33-9-11-36-12-10-33;1-9(22)6-10-4-2-3-5-12(10)21-13-7-14(16)20-8-11(13)15(17,18)19;1-14-11-8-9(2-3-10(11)12)13-4-6-15-7-5-13/h3-8,14-16H,9-13H2,1-2H3,(H2,30,31,32);2-5,7-8H,6H2,1H3,(H,20,21);2-3,8H,4-7,12H2,1H3. The SMILES string of the molecule is CC(=O)Cc1ccccc1Nc1cc(Cl)ncc1C(F)(F)F.COc1cc(N2CCOCC2)ccc1N.COc1cc(N2CCOCC2)ccc1Nc1cc(Nc2ccccc2CC(C)=O)c(C(F)(F)F)cn1. The van der Waals surface area contributed by atoms with E-state index in [1.54, 1.807) is 61.7 Å². The molecule has 5 N–H and O–H groups in total. The van der Waals surface area contributed by atoms with E-state index in [9.17, 15) is 35.9 Å². The van der Waals surface area contributed by atoms with E-state index in [4.69, 9.17) is 36.3 Å². The van der Waals surface area contributed by atoms with Gasteiger partial charge in [-0.25, -0.2) is 9.97 Å². The zero-order chi connectivity index (χ0) is 52.7. The Morgan fingerprint density at radius 3 is 1.53 bits per heavy atom. The summed E-state index contributed by atoms with van der Waals surface area (Å²) in [6.07, 6.45) is -7.49. The Bertz CT molecular complexity index is 2830. The van der Waals surface area contributed by atoms with Gasteiger partial charge in [0.05, 0.1) is 74.5 Å². The first kappa shape index (κ1) is 55.0. The Morgan fingerprint density at radius 1 is 0.603 bits per heavy atom. The van der Waals surface area contributed by atoms with Crippen LogP contribution in [0.15, 0.2) is 109 Å². The summed E-state index contributed by atoms with van der Waals surface area (Å²) < 4.78 is 102. The van der Waals surface area contributed by atoms with Gasteiger partial charge in [0.2, 0.25) is 0 Å². The summed E-state index contributed by atoms with van der Waals surface area (Å²) in [5.41, 5.74) is 8.93. The van der Waals surface area contributed by atoms with Gasteiger partial charge in [-0.2, -0.15) is 26.3 Å². The zero-order valence-corrected chi connectivity index (χ0v) is 41.2. The van der Waals surface area contributed by atoms with E-state index >= 15 is 0 Å². The topological polar surface area (TPSA) is 165 Å². The summed E-state index contributed by atoms with van der Waals surface area (Å²) >= 11 is 5.68. The number of ether oxygens (including phenoxy) is 4. The second-order valence-electron chi connectivity index (χ2n) is 16.6. The summed E-state index contributed by atoms with van der Waals surface area (Å²) in [6.45, 7) is 9.07. The van der Waals surface area contributed by atoms with Gasteiger partial charge in [0, 0.05) is 92.4 Å². The molecule has 388 valence electrons. The molecule has 0 atom stereocenters. The molecule has 2 aliphatic rings. The van der Waals surface area contributed by atoms with E-state index in [2.05, 4.69) is 35.7 Å². The van der Waals surface area contributed by atoms with Crippen molar-refractivity contribution in [2.45, 2.75) is 39.0 Å². The summed E-state index contributed by atoms with van der Waals surface area (Å²) in [5.74, 6) is 1.29. The highest BCUT2D eigenvalue weighted by atomic mass is 35.5. The number of nitrogens with zero attached hydrogens (tertiary/aromatic N) is 4. The number of ketones is 2. The van der Waals surface area contributed by atoms with Gasteiger partial charge in [0.1, 0.15) is 34.0 Å². The number of alkyl halides is 6. The molecule has 4 heterocycles. The number of rotatable bonds is 14. The van der Waals surface area contributed by atoms with Crippen molar-refractivity contribution >= 4 is 74.5 Å². The van der Waals surface area contributed by atoms with E-state index in [-0.39, 0.29) is 46.8 Å². The number of nitrogens with one attached hydrogen (secondary N) is 3. The van der Waals surface area contributed by atoms with Crippen LogP contribution in [0.25, 0.3) is 0 Å². The number of aromatic nitrogens is 2. The zero-order valence-electron chi connectivity index (χ0n) is 40.4. The summed E-state index contributed by atoms with van der Waals surface area (Å²) in [4.78, 5) is 34.8. The minimum Gasteiger partial charge on any atom is -0.495 e. The van der Waals surface area contributed by atoms with Crippen LogP contribution in [0.4, 0.5) is 77.7 Å². The Labute approximate surface area is 423 Å². The Balaban J connectivity index is 0.000000198. The molecule has 0 aliphatic carbocycles. The number of hydrogen-bond donors (Lipinski definition) is 4. The Hall–Kier alpha value is -7.29. The van der Waals surface area contributed by atoms with Gasteiger partial charge in [-0.15, -0.1) is 0 Å². The van der Waals surface area contributed by atoms with Gasteiger partial charge >= 0.3 is 12.4 Å². The molecule has 73 heavy (non-hydrogen) atoms. The van der Waals surface area contributed by atoms with Crippen LogP contribution in [-0.2, 0) is 44.3 Å². The van der Waals surface area contributed by atoms with E-state index in [0.29, 0.717) is 59.0 Å². The Kier molecular flexibility index (Phi) is 19.1. The molecule has 2 fully saturated rings. The van der Waals surface area contributed by atoms with Gasteiger partial charge in [-0.05, 0) is 67.4 Å². The van der Waals surface area contributed by atoms with Crippen molar-refractivity contribution in [3.05, 3.63) is 137 Å². The highest BCUT2D eigenvalue weighted by Gasteiger charge is 2.36. The minimum absolute atomic E-state index is 0.0560. The number of nitrogen functional groups attached to an aromatic ring is 1. The number of pyridine rings is 2. The average molecular weight is 1040 g/mol. The average Bonchev–Trinajstić information content (AvgIpc) is 3.35. The highest BCUT2D eigenvalue weighted by Crippen LogP contribution is 2.40. The second kappa shape index (κ2) is 25.4. The maximum Gasteiger partial charge on any atom is 0.419 e. The maximum absolute atomic E-state index is 13.8. The van der Waals surface area contributed by atoms with Crippen LogP contribution in [0.5, 0.6) is 11.5 Å². The molecule has 4 aromatic carbocycles. The van der Waals surface area contributed by atoms with E-state index in [1.807, 2.05) is 30.3 Å². The lowest BCUT2D eigenvalue weighted by atomic mass is 10.1. The number of morpholine rings is 2. The van der Waals surface area contributed by atoms with Crippen LogP contribution in [0.2, 0.25) is 5.15 Å². The number of anilines is 9. The molecule has 21 heteroatoms. The molecule has 8 rings (SSSR count). The lowest BCUT2D eigenvalue weighted by molar-refractivity contribution is -0.138. The number of methoxy groups -OCH3 is 2. The molecule has 0 bridgehead atoms. The molecule has 14 nitrogen and oxygen atoms in total. The fourth-order valence-corrected chi connectivity index (χ4v) is 7.85. The molecule has 0 spiro atoms. The van der Waals surface area contributed by atoms with Gasteiger partial charge in [-0.3, -0.25) is 9.59 Å². The summed E-state index contributed by atoms with van der Waals surface area (Å²) in [5, 5.41) is 8.56. The lowest BCUT2D eigenvalue weighted by Crippen LogP contribution is -2.36. The number of nitrogens with two attached hydrogens (primary N) is 1. The van der Waals surface area contributed by atoms with E-state index in [0.717, 1.165) is 68.8 Å². The molecule has 2 saturated heterocycles. The van der Waals surface area contributed by atoms with Crippen LogP contribution < -0.4 is 41.0 Å². The van der Waals surface area contributed by atoms with Crippen LogP contribution in [-0.4, -0.2) is 88.4 Å². The van der Waals surface area contributed by atoms with Crippen molar-refractivity contribution in [1.29, 1.82) is 0 Å². The number of hydrogen-bond acceptors (Lipinski definition) is 14. The fourth-order valence-electron chi connectivity index (χ4n) is 7.69. The van der Waals surface area contributed by atoms with Crippen molar-refractivity contribution in [3.63, 3.8) is 0 Å². The molecular formula is C52H55ClF6N8O6. The van der Waals surface area contributed by atoms with E-state index in [1.165, 1.54) is 27.0 Å². The van der Waals surface area contributed by atoms with Gasteiger partial charge < -0.3 is 50.4 Å². The third-order valence-corrected chi connectivity index (χ3v) is 11.5. The smallest absolute Gasteiger partial charge is 0.419 e. The summed E-state index contributed by atoms with van der Waals surface area (Å²) in [6, 6.07) is 27.3. The molecule has 2 aliphatic heterocycles. The molecule has 0 saturated carbocycles. The fraction of sp³-hybridized carbons (Fsp3) is 0.308. The molecular weight excluding hydrogens is 982 g/mol. The predicted octanol–water partition coefficient (Wildman–Crippen LogP) is 11.3. The number of carbonyl (C=O) groups is 2. The molecule has 0 amide bonds. The Morgan fingerprint density at radius 2 is 1.05 bits per heavy atom. The monoisotopic (exact) mass is 1040 g/mol. The second-order valence-corrected chi connectivity index (χ2v) is 17.0.